The van der Waals surface area contributed by atoms with Crippen LogP contribution < -0.4 is 0 Å². The molecule has 0 spiro atoms. The average molecular weight is 250 g/mol. The minimum atomic E-state index is -0.668. The van der Waals surface area contributed by atoms with Crippen molar-refractivity contribution in [2.45, 2.75) is 24.9 Å². The number of aliphatic hydroxyl groups is 1. The molecule has 0 fully saturated rings. The minimum Gasteiger partial charge on any atom is -0.447 e. The van der Waals surface area contributed by atoms with Gasteiger partial charge in [-0.25, -0.2) is 0 Å². The van der Waals surface area contributed by atoms with Gasteiger partial charge in [0.05, 0.1) is 0 Å². The zero-order valence-electron chi connectivity index (χ0n) is 9.14. The summed E-state index contributed by atoms with van der Waals surface area (Å²) in [5.41, 5.74) is 2.20. The first-order valence-electron chi connectivity index (χ1n) is 5.63. The molecule has 0 saturated carbocycles. The maximum atomic E-state index is 10.3. The Morgan fingerprint density at radius 1 is 1.41 bits per heavy atom. The molecule has 2 unspecified atom stereocenters. The molecule has 0 radical (unpaired) electrons. The van der Waals surface area contributed by atoms with E-state index < -0.39 is 6.10 Å². The number of halogens is 1. The molecule has 3 nitrogen and oxygen atoms in total. The molecule has 4 heteroatoms. The summed E-state index contributed by atoms with van der Waals surface area (Å²) in [4.78, 5) is 4.36. The van der Waals surface area contributed by atoms with Crippen molar-refractivity contribution in [3.8, 4) is 0 Å². The van der Waals surface area contributed by atoms with Gasteiger partial charge in [0.1, 0.15) is 11.9 Å². The lowest BCUT2D eigenvalue weighted by molar-refractivity contribution is 0.118. The van der Waals surface area contributed by atoms with Gasteiger partial charge < -0.3 is 9.52 Å². The number of rotatable bonds is 2. The number of nitrogens with zero attached hydrogens (tertiary/aromatic N) is 1. The second-order valence-electron chi connectivity index (χ2n) is 4.28. The Labute approximate surface area is 104 Å². The molecule has 0 amide bonds. The smallest absolute Gasteiger partial charge is 0.193 e. The van der Waals surface area contributed by atoms with E-state index in [4.69, 9.17) is 16.0 Å². The summed E-state index contributed by atoms with van der Waals surface area (Å²) in [5.74, 6) is 0.520. The number of fused-ring (bicyclic) bond motifs is 1. The van der Waals surface area contributed by atoms with E-state index in [9.17, 15) is 5.11 Å². The van der Waals surface area contributed by atoms with Crippen LogP contribution in [0, 0.1) is 0 Å². The Morgan fingerprint density at radius 2 is 2.29 bits per heavy atom. The predicted octanol–water partition coefficient (Wildman–Crippen LogP) is 3.09. The highest BCUT2D eigenvalue weighted by molar-refractivity contribution is 6.28. The lowest BCUT2D eigenvalue weighted by atomic mass is 9.98. The van der Waals surface area contributed by atoms with Crippen LogP contribution in [0.25, 0.3) is 0 Å². The molecule has 0 bridgehead atoms. The van der Waals surface area contributed by atoms with Gasteiger partial charge in [-0.1, -0.05) is 6.07 Å². The summed E-state index contributed by atoms with van der Waals surface area (Å²) in [7, 11) is 0. The fraction of sp³-hybridized carbons (Fsp3) is 0.308. The number of pyridine rings is 1. The fourth-order valence-electron chi connectivity index (χ4n) is 2.44. The minimum absolute atomic E-state index is 0.00779. The van der Waals surface area contributed by atoms with E-state index in [0.717, 1.165) is 18.5 Å². The zero-order chi connectivity index (χ0) is 11.8. The van der Waals surface area contributed by atoms with E-state index in [1.54, 1.807) is 18.3 Å². The van der Waals surface area contributed by atoms with E-state index in [-0.39, 0.29) is 5.92 Å². The van der Waals surface area contributed by atoms with Gasteiger partial charge in [0.15, 0.2) is 5.22 Å². The van der Waals surface area contributed by atoms with Crippen molar-refractivity contribution in [3.63, 3.8) is 0 Å². The quantitative estimate of drug-likeness (QED) is 0.890. The second kappa shape index (κ2) is 4.17. The highest BCUT2D eigenvalue weighted by atomic mass is 35.5. The summed E-state index contributed by atoms with van der Waals surface area (Å²) >= 11 is 5.72. The normalized spacial score (nSPS) is 20.2. The SMILES string of the molecule is OC(c1ccc(Cl)o1)C1CCc2cccnc21. The predicted molar refractivity (Wildman–Crippen MR) is 64.0 cm³/mol. The molecule has 17 heavy (non-hydrogen) atoms. The maximum absolute atomic E-state index is 10.3. The second-order valence-corrected chi connectivity index (χ2v) is 4.65. The van der Waals surface area contributed by atoms with Crippen molar-refractivity contribution in [1.82, 2.24) is 4.98 Å². The van der Waals surface area contributed by atoms with Crippen LogP contribution in [0.1, 0.15) is 35.5 Å². The van der Waals surface area contributed by atoms with Crippen molar-refractivity contribution in [2.24, 2.45) is 0 Å². The third-order valence-electron chi connectivity index (χ3n) is 3.27. The standard InChI is InChI=1S/C13H12ClNO2/c14-11-6-5-10(17-11)13(16)9-4-3-8-2-1-7-15-12(8)9/h1-2,5-7,9,13,16H,3-4H2. The fourth-order valence-corrected chi connectivity index (χ4v) is 2.59. The van der Waals surface area contributed by atoms with Gasteiger partial charge in [-0.05, 0) is 48.2 Å². The van der Waals surface area contributed by atoms with Crippen LogP contribution in [0.3, 0.4) is 0 Å². The third-order valence-corrected chi connectivity index (χ3v) is 3.47. The van der Waals surface area contributed by atoms with Gasteiger partial charge in [-0.15, -0.1) is 0 Å². The van der Waals surface area contributed by atoms with Gasteiger partial charge in [0.2, 0.25) is 0 Å². The lowest BCUT2D eigenvalue weighted by Gasteiger charge is -2.15. The summed E-state index contributed by atoms with van der Waals surface area (Å²) in [6.07, 6.45) is 2.95. The summed E-state index contributed by atoms with van der Waals surface area (Å²) in [6, 6.07) is 7.35. The van der Waals surface area contributed by atoms with Gasteiger partial charge in [-0.2, -0.15) is 0 Å². The Bertz CT molecular complexity index is 538. The number of aromatic nitrogens is 1. The summed E-state index contributed by atoms with van der Waals surface area (Å²) in [5, 5.41) is 10.6. The Morgan fingerprint density at radius 3 is 3.06 bits per heavy atom. The molecule has 0 aliphatic heterocycles. The topological polar surface area (TPSA) is 46.3 Å². The van der Waals surface area contributed by atoms with Crippen LogP contribution in [-0.2, 0) is 6.42 Å². The number of furan rings is 1. The van der Waals surface area contributed by atoms with Crippen LogP contribution in [0.2, 0.25) is 5.22 Å². The molecule has 2 aromatic rings. The Kier molecular flexibility index (Phi) is 2.65. The van der Waals surface area contributed by atoms with Crippen molar-refractivity contribution < 1.29 is 9.52 Å². The first kappa shape index (κ1) is 10.8. The first-order chi connectivity index (χ1) is 8.25. The average Bonchev–Trinajstić information content (AvgIpc) is 2.94. The molecule has 2 aromatic heterocycles. The monoisotopic (exact) mass is 249 g/mol. The van der Waals surface area contributed by atoms with E-state index >= 15 is 0 Å². The lowest BCUT2D eigenvalue weighted by Crippen LogP contribution is -2.08. The molecule has 3 rings (SSSR count). The molecule has 0 aromatic carbocycles. The molecule has 1 aliphatic rings. The zero-order valence-corrected chi connectivity index (χ0v) is 9.89. The third kappa shape index (κ3) is 1.85. The molecule has 2 atom stereocenters. The highest BCUT2D eigenvalue weighted by Gasteiger charge is 2.32. The molecule has 0 saturated heterocycles. The van der Waals surface area contributed by atoms with Gasteiger partial charge in [-0.3, -0.25) is 4.98 Å². The maximum Gasteiger partial charge on any atom is 0.193 e. The first-order valence-corrected chi connectivity index (χ1v) is 6.00. The molecule has 2 heterocycles. The summed E-state index contributed by atoms with van der Waals surface area (Å²) < 4.78 is 5.26. The van der Waals surface area contributed by atoms with E-state index in [2.05, 4.69) is 11.1 Å². The number of hydrogen-bond donors (Lipinski definition) is 1. The molecule has 1 N–H and O–H groups in total. The van der Waals surface area contributed by atoms with Crippen molar-refractivity contribution in [2.75, 3.05) is 0 Å². The number of aryl methyl sites for hydroxylation is 1. The van der Waals surface area contributed by atoms with Crippen LogP contribution in [0.5, 0.6) is 0 Å². The largest absolute Gasteiger partial charge is 0.447 e. The van der Waals surface area contributed by atoms with E-state index in [0.29, 0.717) is 11.0 Å². The number of aliphatic hydroxyl groups excluding tert-OH is 1. The van der Waals surface area contributed by atoms with E-state index in [1.165, 1.54) is 5.56 Å². The van der Waals surface area contributed by atoms with Crippen molar-refractivity contribution in [1.29, 1.82) is 0 Å². The molecular formula is C13H12ClNO2. The number of hydrogen-bond acceptors (Lipinski definition) is 3. The van der Waals surface area contributed by atoms with Crippen LogP contribution in [0.15, 0.2) is 34.9 Å². The van der Waals surface area contributed by atoms with Crippen LogP contribution >= 0.6 is 11.6 Å². The Hall–Kier alpha value is -1.32. The van der Waals surface area contributed by atoms with Crippen molar-refractivity contribution >= 4 is 11.6 Å². The van der Waals surface area contributed by atoms with Gasteiger partial charge in [0, 0.05) is 17.8 Å². The van der Waals surface area contributed by atoms with Crippen molar-refractivity contribution in [3.05, 3.63) is 52.7 Å². The van der Waals surface area contributed by atoms with E-state index in [1.807, 2.05) is 6.07 Å². The van der Waals surface area contributed by atoms with Gasteiger partial charge >= 0.3 is 0 Å². The van der Waals surface area contributed by atoms with Crippen LogP contribution in [0.4, 0.5) is 0 Å². The molecule has 1 aliphatic carbocycles. The Balaban J connectivity index is 1.92. The van der Waals surface area contributed by atoms with Crippen LogP contribution in [-0.4, -0.2) is 10.1 Å². The molecular weight excluding hydrogens is 238 g/mol. The molecule has 88 valence electrons. The van der Waals surface area contributed by atoms with Gasteiger partial charge in [0.25, 0.3) is 0 Å². The summed E-state index contributed by atoms with van der Waals surface area (Å²) in [6.45, 7) is 0. The highest BCUT2D eigenvalue weighted by Crippen LogP contribution is 2.40.